The molecule has 0 bridgehead atoms. The molecule has 0 unspecified atom stereocenters. The van der Waals surface area contributed by atoms with Crippen LogP contribution in [0.15, 0.2) is 42.6 Å². The van der Waals surface area contributed by atoms with E-state index in [1.54, 1.807) is 11.3 Å². The second-order valence-electron chi connectivity index (χ2n) is 7.86. The van der Waals surface area contributed by atoms with Gasteiger partial charge in [-0.15, -0.1) is 21.5 Å². The number of hydrogen-bond donors (Lipinski definition) is 0. The molecule has 1 aromatic carbocycles. The number of nitrogens with zero attached hydrogens (tertiary/aromatic N) is 6. The minimum Gasteiger partial charge on any atom is -0.476 e. The highest BCUT2D eigenvalue weighted by atomic mass is 32.1. The van der Waals surface area contributed by atoms with Crippen LogP contribution in [0.3, 0.4) is 0 Å². The second-order valence-corrected chi connectivity index (χ2v) is 9.07. The van der Waals surface area contributed by atoms with Crippen molar-refractivity contribution in [2.45, 2.75) is 26.7 Å². The van der Waals surface area contributed by atoms with Gasteiger partial charge in [0.2, 0.25) is 5.88 Å². The fourth-order valence-electron chi connectivity index (χ4n) is 3.92. The monoisotopic (exact) mass is 432 g/mol. The molecule has 0 spiro atoms. The Morgan fingerprint density at radius 3 is 2.52 bits per heavy atom. The number of fused-ring (bicyclic) bond motifs is 1. The summed E-state index contributed by atoms with van der Waals surface area (Å²) >= 11 is 1.64. The van der Waals surface area contributed by atoms with Gasteiger partial charge in [0.05, 0.1) is 39.4 Å². The molecule has 7 nitrogen and oxygen atoms in total. The minimum atomic E-state index is 0.498. The van der Waals surface area contributed by atoms with Gasteiger partial charge in [-0.05, 0) is 50.8 Å². The SMILES string of the molecule is Cc1nc(C)c(-c2ccc(OCC3CCN(c4cnc5ccccc5n4)CC3)nn2)s1. The van der Waals surface area contributed by atoms with E-state index in [-0.39, 0.29) is 0 Å². The van der Waals surface area contributed by atoms with E-state index in [0.29, 0.717) is 18.4 Å². The Morgan fingerprint density at radius 2 is 1.81 bits per heavy atom. The third-order valence-corrected chi connectivity index (χ3v) is 6.71. The van der Waals surface area contributed by atoms with Crippen LogP contribution in [-0.2, 0) is 0 Å². The predicted octanol–water partition coefficient (Wildman–Crippen LogP) is 4.46. The maximum absolute atomic E-state index is 5.94. The zero-order valence-electron chi connectivity index (χ0n) is 17.7. The number of thiazole rings is 1. The molecule has 158 valence electrons. The summed E-state index contributed by atoms with van der Waals surface area (Å²) in [6.07, 6.45) is 3.99. The van der Waals surface area contributed by atoms with Crippen molar-refractivity contribution in [3.05, 3.63) is 53.3 Å². The van der Waals surface area contributed by atoms with E-state index in [4.69, 9.17) is 9.72 Å². The molecule has 1 aliphatic heterocycles. The van der Waals surface area contributed by atoms with Crippen LogP contribution in [0.4, 0.5) is 5.82 Å². The normalized spacial score (nSPS) is 14.8. The highest BCUT2D eigenvalue weighted by Crippen LogP contribution is 2.28. The molecule has 8 heteroatoms. The minimum absolute atomic E-state index is 0.498. The van der Waals surface area contributed by atoms with E-state index in [2.05, 4.69) is 25.1 Å². The fourth-order valence-corrected chi connectivity index (χ4v) is 4.80. The summed E-state index contributed by atoms with van der Waals surface area (Å²) < 4.78 is 5.94. The first-order chi connectivity index (χ1) is 15.2. The molecule has 1 fully saturated rings. The molecule has 0 radical (unpaired) electrons. The van der Waals surface area contributed by atoms with Crippen LogP contribution in [0.1, 0.15) is 23.5 Å². The van der Waals surface area contributed by atoms with Gasteiger partial charge in [0.1, 0.15) is 11.5 Å². The molecule has 3 aromatic heterocycles. The molecule has 4 aromatic rings. The van der Waals surface area contributed by atoms with Gasteiger partial charge in [0.25, 0.3) is 0 Å². The second kappa shape index (κ2) is 8.55. The topological polar surface area (TPSA) is 76.9 Å². The number of aryl methyl sites for hydroxylation is 2. The average molecular weight is 433 g/mol. The van der Waals surface area contributed by atoms with Crippen LogP contribution >= 0.6 is 11.3 Å². The Labute approximate surface area is 185 Å². The maximum Gasteiger partial charge on any atom is 0.233 e. The molecular weight excluding hydrogens is 408 g/mol. The van der Waals surface area contributed by atoms with Gasteiger partial charge in [0.15, 0.2) is 0 Å². The van der Waals surface area contributed by atoms with Crippen molar-refractivity contribution in [2.75, 3.05) is 24.6 Å². The summed E-state index contributed by atoms with van der Waals surface area (Å²) in [6, 6.07) is 11.8. The number of ether oxygens (including phenoxy) is 1. The number of aromatic nitrogens is 5. The van der Waals surface area contributed by atoms with Crippen LogP contribution in [0.25, 0.3) is 21.6 Å². The molecular formula is C23H24N6OS. The van der Waals surface area contributed by atoms with Crippen molar-refractivity contribution < 1.29 is 4.74 Å². The fraction of sp³-hybridized carbons (Fsp3) is 0.348. The first kappa shape index (κ1) is 19.8. The van der Waals surface area contributed by atoms with Crippen molar-refractivity contribution in [2.24, 2.45) is 5.92 Å². The zero-order valence-corrected chi connectivity index (χ0v) is 18.5. The van der Waals surface area contributed by atoms with Crippen LogP contribution < -0.4 is 9.64 Å². The third kappa shape index (κ3) is 4.34. The smallest absolute Gasteiger partial charge is 0.233 e. The number of piperidine rings is 1. The van der Waals surface area contributed by atoms with E-state index in [9.17, 15) is 0 Å². The molecule has 0 N–H and O–H groups in total. The van der Waals surface area contributed by atoms with Crippen LogP contribution in [0.5, 0.6) is 5.88 Å². The molecule has 0 atom stereocenters. The van der Waals surface area contributed by atoms with E-state index in [0.717, 1.165) is 64.1 Å². The van der Waals surface area contributed by atoms with Gasteiger partial charge in [-0.3, -0.25) is 4.98 Å². The lowest BCUT2D eigenvalue weighted by Crippen LogP contribution is -2.36. The van der Waals surface area contributed by atoms with Crippen LogP contribution in [0.2, 0.25) is 0 Å². The van der Waals surface area contributed by atoms with Crippen LogP contribution in [-0.4, -0.2) is 44.8 Å². The third-order valence-electron chi connectivity index (χ3n) is 5.62. The summed E-state index contributed by atoms with van der Waals surface area (Å²) in [5.74, 6) is 2.02. The van der Waals surface area contributed by atoms with Gasteiger partial charge in [-0.2, -0.15) is 0 Å². The lowest BCUT2D eigenvalue weighted by atomic mass is 9.98. The van der Waals surface area contributed by atoms with Crippen molar-refractivity contribution >= 4 is 28.2 Å². The standard InChI is InChI=1S/C23H24N6OS/c1-15-23(31-16(2)25-15)20-7-8-22(28-27-20)30-14-17-9-11-29(12-10-17)21-13-24-18-5-3-4-6-19(18)26-21/h3-8,13,17H,9-12,14H2,1-2H3. The highest BCUT2D eigenvalue weighted by molar-refractivity contribution is 7.15. The molecule has 1 aliphatic rings. The largest absolute Gasteiger partial charge is 0.476 e. The van der Waals surface area contributed by atoms with E-state index in [1.165, 1.54) is 0 Å². The summed E-state index contributed by atoms with van der Waals surface area (Å²) in [4.78, 5) is 17.1. The number of benzene rings is 1. The lowest BCUT2D eigenvalue weighted by Gasteiger charge is -2.32. The zero-order chi connectivity index (χ0) is 21.2. The summed E-state index contributed by atoms with van der Waals surface area (Å²) in [5.41, 5.74) is 3.71. The Kier molecular flexibility index (Phi) is 5.46. The molecule has 0 saturated carbocycles. The van der Waals surface area contributed by atoms with Gasteiger partial charge in [-0.25, -0.2) is 9.97 Å². The van der Waals surface area contributed by atoms with Crippen molar-refractivity contribution in [3.8, 4) is 16.5 Å². The van der Waals surface area contributed by atoms with Gasteiger partial charge in [-0.1, -0.05) is 12.1 Å². The van der Waals surface area contributed by atoms with Gasteiger partial charge in [0, 0.05) is 19.2 Å². The molecule has 0 aliphatic carbocycles. The summed E-state index contributed by atoms with van der Waals surface area (Å²) in [6.45, 7) is 6.57. The maximum atomic E-state index is 5.94. The molecule has 0 amide bonds. The Morgan fingerprint density at radius 1 is 1.00 bits per heavy atom. The van der Waals surface area contributed by atoms with Gasteiger partial charge < -0.3 is 9.64 Å². The number of rotatable bonds is 5. The quantitative estimate of drug-likeness (QED) is 0.461. The summed E-state index contributed by atoms with van der Waals surface area (Å²) in [5, 5.41) is 9.63. The Balaban J connectivity index is 1.15. The Hall–Kier alpha value is -3.13. The van der Waals surface area contributed by atoms with Crippen molar-refractivity contribution in [1.29, 1.82) is 0 Å². The Bertz CT molecular complexity index is 1180. The predicted molar refractivity (Wildman–Crippen MR) is 123 cm³/mol. The first-order valence-corrected chi connectivity index (χ1v) is 11.3. The van der Waals surface area contributed by atoms with E-state index < -0.39 is 0 Å². The first-order valence-electron chi connectivity index (χ1n) is 10.5. The molecule has 5 rings (SSSR count). The van der Waals surface area contributed by atoms with Crippen molar-refractivity contribution in [3.63, 3.8) is 0 Å². The lowest BCUT2D eigenvalue weighted by molar-refractivity contribution is 0.214. The molecule has 4 heterocycles. The number of para-hydroxylation sites is 2. The number of hydrogen-bond acceptors (Lipinski definition) is 8. The van der Waals surface area contributed by atoms with Crippen molar-refractivity contribution in [1.82, 2.24) is 25.1 Å². The summed E-state index contributed by atoms with van der Waals surface area (Å²) in [7, 11) is 0. The number of anilines is 1. The molecule has 1 saturated heterocycles. The average Bonchev–Trinajstić information content (AvgIpc) is 3.16. The van der Waals surface area contributed by atoms with E-state index >= 15 is 0 Å². The van der Waals surface area contributed by atoms with Crippen LogP contribution in [0, 0.1) is 19.8 Å². The van der Waals surface area contributed by atoms with Gasteiger partial charge >= 0.3 is 0 Å². The van der Waals surface area contributed by atoms with E-state index in [1.807, 2.05) is 56.4 Å². The molecule has 31 heavy (non-hydrogen) atoms. The highest BCUT2D eigenvalue weighted by Gasteiger charge is 2.21.